The molecule has 0 aromatic heterocycles. The quantitative estimate of drug-likeness (QED) is 0.865. The molecule has 1 aliphatic carbocycles. The highest BCUT2D eigenvalue weighted by Gasteiger charge is 2.47. The molecule has 0 spiro atoms. The number of anilines is 1. The van der Waals surface area contributed by atoms with E-state index in [-0.39, 0.29) is 5.91 Å². The van der Waals surface area contributed by atoms with Crippen LogP contribution in [0.3, 0.4) is 0 Å². The van der Waals surface area contributed by atoms with Crippen LogP contribution in [0.4, 0.5) is 5.69 Å². The number of hydrogen-bond acceptors (Lipinski definition) is 3. The highest BCUT2D eigenvalue weighted by molar-refractivity contribution is 6.04. The van der Waals surface area contributed by atoms with Crippen molar-refractivity contribution >= 4 is 17.5 Å². The second-order valence-electron chi connectivity index (χ2n) is 6.62. The zero-order valence-corrected chi connectivity index (χ0v) is 13.5. The van der Waals surface area contributed by atoms with Crippen LogP contribution >= 0.6 is 0 Å². The van der Waals surface area contributed by atoms with E-state index in [0.717, 1.165) is 32.4 Å². The van der Waals surface area contributed by atoms with E-state index in [2.05, 4.69) is 17.0 Å². The molecule has 3 rings (SSSR count). The van der Waals surface area contributed by atoms with Crippen LogP contribution in [0.2, 0.25) is 0 Å². The van der Waals surface area contributed by atoms with Crippen LogP contribution in [0.25, 0.3) is 0 Å². The maximum atomic E-state index is 13.0. The van der Waals surface area contributed by atoms with E-state index in [0.29, 0.717) is 25.9 Å². The smallest absolute Gasteiger partial charge is 0.238 e. The second-order valence-corrected chi connectivity index (χ2v) is 6.62. The van der Waals surface area contributed by atoms with E-state index in [4.69, 9.17) is 5.73 Å². The van der Waals surface area contributed by atoms with E-state index < -0.39 is 11.3 Å². The summed E-state index contributed by atoms with van der Waals surface area (Å²) in [4.78, 5) is 29.1. The van der Waals surface area contributed by atoms with E-state index >= 15 is 0 Å². The standard InChI is InChI=1S/C18H25N3O2/c19-16(22)18(9-5-2-6-10-18)17(23)21-13-11-20(12-14-21)15-7-3-1-4-8-15/h1,3-4,7-8H,2,5-6,9-14H2,(H2,19,22). The number of carbonyl (C=O) groups is 2. The van der Waals surface area contributed by atoms with Crippen LogP contribution in [-0.4, -0.2) is 42.9 Å². The Morgan fingerprint density at radius 3 is 2.09 bits per heavy atom. The maximum Gasteiger partial charge on any atom is 0.238 e. The van der Waals surface area contributed by atoms with E-state index in [1.165, 1.54) is 5.69 Å². The van der Waals surface area contributed by atoms with Crippen molar-refractivity contribution in [3.8, 4) is 0 Å². The lowest BCUT2D eigenvalue weighted by Gasteiger charge is -2.41. The van der Waals surface area contributed by atoms with Gasteiger partial charge in [0, 0.05) is 31.9 Å². The van der Waals surface area contributed by atoms with Gasteiger partial charge in [-0.05, 0) is 25.0 Å². The average molecular weight is 315 g/mol. The first-order valence-electron chi connectivity index (χ1n) is 8.53. The van der Waals surface area contributed by atoms with Crippen molar-refractivity contribution < 1.29 is 9.59 Å². The van der Waals surface area contributed by atoms with E-state index in [1.807, 2.05) is 23.1 Å². The van der Waals surface area contributed by atoms with Crippen LogP contribution in [0.1, 0.15) is 32.1 Å². The Balaban J connectivity index is 1.67. The summed E-state index contributed by atoms with van der Waals surface area (Å²) in [6, 6.07) is 10.2. The molecule has 1 saturated heterocycles. The first-order valence-corrected chi connectivity index (χ1v) is 8.53. The van der Waals surface area contributed by atoms with Gasteiger partial charge in [-0.3, -0.25) is 9.59 Å². The number of nitrogens with zero attached hydrogens (tertiary/aromatic N) is 2. The number of piperazine rings is 1. The first-order chi connectivity index (χ1) is 11.1. The van der Waals surface area contributed by atoms with Crippen molar-refractivity contribution in [3.63, 3.8) is 0 Å². The third-order valence-electron chi connectivity index (χ3n) is 5.28. The summed E-state index contributed by atoms with van der Waals surface area (Å²) in [6.45, 7) is 2.90. The van der Waals surface area contributed by atoms with Gasteiger partial charge >= 0.3 is 0 Å². The van der Waals surface area contributed by atoms with Gasteiger partial charge in [0.2, 0.25) is 11.8 Å². The number of rotatable bonds is 3. The molecule has 2 amide bonds. The van der Waals surface area contributed by atoms with Crippen molar-refractivity contribution in [2.75, 3.05) is 31.1 Å². The summed E-state index contributed by atoms with van der Waals surface area (Å²) < 4.78 is 0. The minimum absolute atomic E-state index is 0.0441. The van der Waals surface area contributed by atoms with Crippen LogP contribution in [0.15, 0.2) is 30.3 Å². The Bertz CT molecular complexity index is 559. The number of amides is 2. The summed E-state index contributed by atoms with van der Waals surface area (Å²) in [5.41, 5.74) is 5.86. The fraction of sp³-hybridized carbons (Fsp3) is 0.556. The lowest BCUT2D eigenvalue weighted by molar-refractivity contribution is -0.152. The molecule has 1 aromatic rings. The molecule has 0 radical (unpaired) electrons. The zero-order valence-electron chi connectivity index (χ0n) is 13.5. The highest BCUT2D eigenvalue weighted by Crippen LogP contribution is 2.38. The molecule has 2 aliphatic rings. The molecule has 23 heavy (non-hydrogen) atoms. The fourth-order valence-corrected chi connectivity index (χ4v) is 3.83. The maximum absolute atomic E-state index is 13.0. The van der Waals surface area contributed by atoms with Gasteiger partial charge in [-0.2, -0.15) is 0 Å². The molecule has 1 aliphatic heterocycles. The number of nitrogens with two attached hydrogens (primary N) is 1. The minimum Gasteiger partial charge on any atom is -0.369 e. The molecular weight excluding hydrogens is 290 g/mol. The molecule has 2 N–H and O–H groups in total. The molecule has 1 heterocycles. The van der Waals surface area contributed by atoms with Crippen LogP contribution < -0.4 is 10.6 Å². The minimum atomic E-state index is -0.951. The Morgan fingerprint density at radius 1 is 0.913 bits per heavy atom. The van der Waals surface area contributed by atoms with Gasteiger partial charge in [-0.1, -0.05) is 37.5 Å². The van der Waals surface area contributed by atoms with Gasteiger partial charge < -0.3 is 15.5 Å². The number of benzene rings is 1. The Kier molecular flexibility index (Phi) is 4.55. The van der Waals surface area contributed by atoms with Crippen molar-refractivity contribution in [1.82, 2.24) is 4.90 Å². The number of para-hydroxylation sites is 1. The molecule has 5 heteroatoms. The monoisotopic (exact) mass is 315 g/mol. The number of hydrogen-bond donors (Lipinski definition) is 1. The van der Waals surface area contributed by atoms with Gasteiger partial charge in [0.25, 0.3) is 0 Å². The Morgan fingerprint density at radius 2 is 1.52 bits per heavy atom. The zero-order chi connectivity index (χ0) is 16.3. The van der Waals surface area contributed by atoms with Crippen LogP contribution in [0, 0.1) is 5.41 Å². The molecule has 5 nitrogen and oxygen atoms in total. The van der Waals surface area contributed by atoms with Crippen LogP contribution in [-0.2, 0) is 9.59 Å². The molecular formula is C18H25N3O2. The number of carbonyl (C=O) groups excluding carboxylic acids is 2. The van der Waals surface area contributed by atoms with Crippen LogP contribution in [0.5, 0.6) is 0 Å². The topological polar surface area (TPSA) is 66.6 Å². The lowest BCUT2D eigenvalue weighted by Crippen LogP contribution is -2.57. The first kappa shape index (κ1) is 15.8. The highest BCUT2D eigenvalue weighted by atomic mass is 16.2. The molecule has 124 valence electrons. The summed E-state index contributed by atoms with van der Waals surface area (Å²) in [7, 11) is 0. The van der Waals surface area contributed by atoms with Crippen molar-refractivity contribution in [3.05, 3.63) is 30.3 Å². The molecule has 0 bridgehead atoms. The summed E-state index contributed by atoms with van der Waals surface area (Å²) in [5, 5.41) is 0. The third-order valence-corrected chi connectivity index (χ3v) is 5.28. The second kappa shape index (κ2) is 6.60. The molecule has 1 saturated carbocycles. The Hall–Kier alpha value is -2.04. The molecule has 2 fully saturated rings. The fourth-order valence-electron chi connectivity index (χ4n) is 3.83. The third kappa shape index (κ3) is 3.05. The normalized spacial score (nSPS) is 21.0. The summed E-state index contributed by atoms with van der Waals surface area (Å²) >= 11 is 0. The van der Waals surface area contributed by atoms with Gasteiger partial charge in [0.15, 0.2) is 0 Å². The number of primary amides is 1. The predicted octanol–water partition coefficient (Wildman–Crippen LogP) is 1.77. The molecule has 1 aromatic carbocycles. The van der Waals surface area contributed by atoms with Gasteiger partial charge in [-0.15, -0.1) is 0 Å². The van der Waals surface area contributed by atoms with E-state index in [9.17, 15) is 9.59 Å². The summed E-state index contributed by atoms with van der Waals surface area (Å²) in [5.74, 6) is -0.481. The SMILES string of the molecule is NC(=O)C1(C(=O)N2CCN(c3ccccc3)CC2)CCCCC1. The largest absolute Gasteiger partial charge is 0.369 e. The predicted molar refractivity (Wildman–Crippen MR) is 89.9 cm³/mol. The van der Waals surface area contributed by atoms with Gasteiger partial charge in [0.05, 0.1) is 0 Å². The van der Waals surface area contributed by atoms with Gasteiger partial charge in [-0.25, -0.2) is 0 Å². The van der Waals surface area contributed by atoms with Gasteiger partial charge in [0.1, 0.15) is 5.41 Å². The average Bonchev–Trinajstić information content (AvgIpc) is 2.62. The van der Waals surface area contributed by atoms with Crippen molar-refractivity contribution in [2.24, 2.45) is 11.1 Å². The van der Waals surface area contributed by atoms with Crippen molar-refractivity contribution in [2.45, 2.75) is 32.1 Å². The Labute approximate surface area is 137 Å². The summed E-state index contributed by atoms with van der Waals surface area (Å²) in [6.07, 6.45) is 4.14. The van der Waals surface area contributed by atoms with E-state index in [1.54, 1.807) is 0 Å². The van der Waals surface area contributed by atoms with Crippen molar-refractivity contribution in [1.29, 1.82) is 0 Å². The molecule has 0 atom stereocenters. The molecule has 0 unspecified atom stereocenters. The lowest BCUT2D eigenvalue weighted by atomic mass is 9.72.